The molecule has 0 radical (unpaired) electrons. The molecule has 3 amide bonds. The second kappa shape index (κ2) is 7.04. The molecule has 0 saturated carbocycles. The maximum atomic E-state index is 12.5. The number of likely N-dealkylation sites (N-methyl/N-ethyl adjacent to an activating group) is 1. The van der Waals surface area contributed by atoms with Crippen LogP contribution in [0.25, 0.3) is 0 Å². The lowest BCUT2D eigenvalue weighted by atomic mass is 9.80. The number of ether oxygens (including phenoxy) is 1. The van der Waals surface area contributed by atoms with Crippen LogP contribution < -0.4 is 10.1 Å². The largest absolute Gasteiger partial charge is 0.492 e. The van der Waals surface area contributed by atoms with Gasteiger partial charge in [0.2, 0.25) is 0 Å². The van der Waals surface area contributed by atoms with Crippen LogP contribution in [0.15, 0.2) is 24.3 Å². The summed E-state index contributed by atoms with van der Waals surface area (Å²) in [6, 6.07) is 7.75. The molecule has 0 bridgehead atoms. The van der Waals surface area contributed by atoms with Crippen LogP contribution in [0.3, 0.4) is 0 Å². The van der Waals surface area contributed by atoms with Crippen LogP contribution in [0.2, 0.25) is 0 Å². The van der Waals surface area contributed by atoms with Gasteiger partial charge in [0.1, 0.15) is 17.9 Å². The minimum Gasteiger partial charge on any atom is -0.492 e. The number of hydrogen-bond donors (Lipinski definition) is 1. The summed E-state index contributed by atoms with van der Waals surface area (Å²) in [4.78, 5) is 27.8. The fourth-order valence-electron chi connectivity index (χ4n) is 3.73. The summed E-state index contributed by atoms with van der Waals surface area (Å²) in [5, 5.41) is 2.89. The average molecular weight is 345 g/mol. The highest BCUT2D eigenvalue weighted by Crippen LogP contribution is 2.31. The third kappa shape index (κ3) is 3.63. The van der Waals surface area contributed by atoms with Crippen molar-refractivity contribution in [3.63, 3.8) is 0 Å². The van der Waals surface area contributed by atoms with E-state index < -0.39 is 5.54 Å². The lowest BCUT2D eigenvalue weighted by Crippen LogP contribution is -2.56. The summed E-state index contributed by atoms with van der Waals surface area (Å²) in [6.45, 7) is 7.15. The quantitative estimate of drug-likeness (QED) is 0.830. The minimum absolute atomic E-state index is 0.125. The van der Waals surface area contributed by atoms with Crippen LogP contribution >= 0.6 is 0 Å². The Hall–Kier alpha value is -2.08. The maximum absolute atomic E-state index is 12.5. The molecule has 1 aromatic rings. The molecular weight excluding hydrogens is 318 g/mol. The van der Waals surface area contributed by atoms with Gasteiger partial charge in [0.25, 0.3) is 5.91 Å². The summed E-state index contributed by atoms with van der Waals surface area (Å²) < 4.78 is 5.82. The Morgan fingerprint density at radius 2 is 2.00 bits per heavy atom. The van der Waals surface area contributed by atoms with E-state index in [-0.39, 0.29) is 17.9 Å². The number of nitrogens with zero attached hydrogens (tertiary/aromatic N) is 2. The molecule has 0 aliphatic carbocycles. The Morgan fingerprint density at radius 3 is 2.64 bits per heavy atom. The minimum atomic E-state index is -0.789. The number of amides is 3. The zero-order chi connectivity index (χ0) is 18.0. The lowest BCUT2D eigenvalue weighted by Gasteiger charge is -2.39. The van der Waals surface area contributed by atoms with Crippen LogP contribution in [-0.4, -0.2) is 60.6 Å². The van der Waals surface area contributed by atoms with Gasteiger partial charge in [-0.25, -0.2) is 4.79 Å². The van der Waals surface area contributed by atoms with Gasteiger partial charge < -0.3 is 10.1 Å². The van der Waals surface area contributed by atoms with E-state index in [0.29, 0.717) is 6.61 Å². The first-order valence-corrected chi connectivity index (χ1v) is 8.92. The Morgan fingerprint density at radius 1 is 1.28 bits per heavy atom. The zero-order valence-electron chi connectivity index (χ0n) is 15.2. The maximum Gasteiger partial charge on any atom is 0.324 e. The number of rotatable bonds is 5. The normalized spacial score (nSPS) is 27.5. The predicted molar refractivity (Wildman–Crippen MR) is 95.5 cm³/mol. The van der Waals surface area contributed by atoms with Gasteiger partial charge in [0.15, 0.2) is 0 Å². The van der Waals surface area contributed by atoms with Crippen molar-refractivity contribution < 1.29 is 14.3 Å². The van der Waals surface area contributed by atoms with Crippen molar-refractivity contribution in [2.75, 3.05) is 33.3 Å². The molecule has 1 N–H and O–H groups in total. The van der Waals surface area contributed by atoms with Crippen LogP contribution in [0, 0.1) is 12.8 Å². The smallest absolute Gasteiger partial charge is 0.324 e. The molecule has 0 unspecified atom stereocenters. The van der Waals surface area contributed by atoms with Gasteiger partial charge in [-0.05, 0) is 45.4 Å². The molecule has 136 valence electrons. The van der Waals surface area contributed by atoms with E-state index in [1.165, 1.54) is 10.5 Å². The molecule has 3 rings (SSSR count). The third-order valence-electron chi connectivity index (χ3n) is 5.44. The summed E-state index contributed by atoms with van der Waals surface area (Å²) in [5.41, 5.74) is 0.426. The van der Waals surface area contributed by atoms with Gasteiger partial charge >= 0.3 is 6.03 Å². The average Bonchev–Trinajstić information content (AvgIpc) is 2.81. The summed E-state index contributed by atoms with van der Waals surface area (Å²) in [7, 11) is 1.54. The van der Waals surface area contributed by atoms with E-state index in [2.05, 4.69) is 17.1 Å². The number of carbonyl (C=O) groups excluding carboxylic acids is 2. The molecule has 6 heteroatoms. The number of hydrogen-bond acceptors (Lipinski definition) is 4. The van der Waals surface area contributed by atoms with Crippen molar-refractivity contribution in [2.45, 2.75) is 32.2 Å². The molecule has 2 fully saturated rings. The van der Waals surface area contributed by atoms with Crippen molar-refractivity contribution >= 4 is 11.9 Å². The Labute approximate surface area is 149 Å². The van der Waals surface area contributed by atoms with Gasteiger partial charge in [-0.1, -0.05) is 17.7 Å². The molecular formula is C19H27N3O3. The molecule has 0 spiro atoms. The highest BCUT2D eigenvalue weighted by Gasteiger charge is 2.51. The molecule has 6 nitrogen and oxygen atoms in total. The number of imide groups is 1. The number of carbonyl (C=O) groups is 2. The molecule has 25 heavy (non-hydrogen) atoms. The number of aryl methyl sites for hydroxylation is 1. The Balaban J connectivity index is 1.54. The van der Waals surface area contributed by atoms with E-state index >= 15 is 0 Å². The summed E-state index contributed by atoms with van der Waals surface area (Å²) in [6.07, 6.45) is 1.98. The zero-order valence-corrected chi connectivity index (χ0v) is 15.2. The topological polar surface area (TPSA) is 61.9 Å². The third-order valence-corrected chi connectivity index (χ3v) is 5.44. The van der Waals surface area contributed by atoms with Crippen LogP contribution in [0.5, 0.6) is 5.75 Å². The van der Waals surface area contributed by atoms with Crippen molar-refractivity contribution in [1.29, 1.82) is 0 Å². The molecule has 2 atom stereocenters. The van der Waals surface area contributed by atoms with Crippen molar-refractivity contribution in [3.05, 3.63) is 29.8 Å². The molecule has 2 aliphatic heterocycles. The van der Waals surface area contributed by atoms with Crippen molar-refractivity contribution in [2.24, 2.45) is 5.92 Å². The molecule has 1 aromatic carbocycles. The van der Waals surface area contributed by atoms with E-state index in [1.54, 1.807) is 7.05 Å². The highest BCUT2D eigenvalue weighted by molar-refractivity contribution is 6.06. The van der Waals surface area contributed by atoms with Gasteiger partial charge in [0, 0.05) is 26.1 Å². The first kappa shape index (κ1) is 17.7. The Kier molecular flexibility index (Phi) is 4.99. The number of urea groups is 1. The lowest BCUT2D eigenvalue weighted by molar-refractivity contribution is -0.132. The Bertz CT molecular complexity index is 646. The molecule has 2 heterocycles. The van der Waals surface area contributed by atoms with Crippen molar-refractivity contribution in [1.82, 2.24) is 15.1 Å². The second-order valence-corrected chi connectivity index (χ2v) is 7.30. The van der Waals surface area contributed by atoms with Crippen LogP contribution in [-0.2, 0) is 4.79 Å². The fraction of sp³-hybridized carbons (Fsp3) is 0.579. The summed E-state index contributed by atoms with van der Waals surface area (Å²) >= 11 is 0. The predicted octanol–water partition coefficient (Wildman–Crippen LogP) is 2.03. The first-order chi connectivity index (χ1) is 11.9. The molecule has 2 saturated heterocycles. The van der Waals surface area contributed by atoms with Gasteiger partial charge in [0.05, 0.1) is 0 Å². The molecule has 2 aliphatic rings. The van der Waals surface area contributed by atoms with Crippen LogP contribution in [0.1, 0.15) is 25.3 Å². The van der Waals surface area contributed by atoms with Gasteiger partial charge in [-0.2, -0.15) is 0 Å². The summed E-state index contributed by atoms with van der Waals surface area (Å²) in [5.74, 6) is 0.883. The van der Waals surface area contributed by atoms with E-state index in [0.717, 1.165) is 38.2 Å². The van der Waals surface area contributed by atoms with E-state index in [9.17, 15) is 9.59 Å². The van der Waals surface area contributed by atoms with Gasteiger partial charge in [-0.3, -0.25) is 14.6 Å². The SMILES string of the molecule is Cc1ccc(OCCN2CCC[C@H]([C@@]3(C)NC(=O)N(C)C3=O)C2)cc1. The fourth-order valence-corrected chi connectivity index (χ4v) is 3.73. The number of benzene rings is 1. The number of nitrogens with one attached hydrogen (secondary N) is 1. The number of piperidine rings is 1. The number of likely N-dealkylation sites (tertiary alicyclic amines) is 1. The monoisotopic (exact) mass is 345 g/mol. The second-order valence-electron chi connectivity index (χ2n) is 7.30. The van der Waals surface area contributed by atoms with E-state index in [1.807, 2.05) is 31.2 Å². The standard InChI is InChI=1S/C19H27N3O3/c1-14-6-8-16(9-7-14)25-12-11-22-10-4-5-15(13-22)19(2)17(23)21(3)18(24)20-19/h6-9,15H,4-5,10-13H2,1-3H3,(H,20,24)/t15-,19+/m0/s1. The van der Waals surface area contributed by atoms with Crippen LogP contribution in [0.4, 0.5) is 4.79 Å². The van der Waals surface area contributed by atoms with E-state index in [4.69, 9.17) is 4.74 Å². The first-order valence-electron chi connectivity index (χ1n) is 8.92. The highest BCUT2D eigenvalue weighted by atomic mass is 16.5. The molecule has 0 aromatic heterocycles. The van der Waals surface area contributed by atoms with Gasteiger partial charge in [-0.15, -0.1) is 0 Å². The van der Waals surface area contributed by atoms with Crippen molar-refractivity contribution in [3.8, 4) is 5.75 Å².